The van der Waals surface area contributed by atoms with Crippen LogP contribution in [0.5, 0.6) is 6.01 Å². The van der Waals surface area contributed by atoms with Crippen LogP contribution in [0.15, 0.2) is 27.8 Å². The Kier molecular flexibility index (Phi) is 7.28. The molecule has 12 nitrogen and oxygen atoms in total. The number of aryl methyl sites for hydroxylation is 1. The predicted molar refractivity (Wildman–Crippen MR) is 177 cm³/mol. The molecule has 7 heterocycles. The molecule has 3 saturated heterocycles. The largest absolute Gasteiger partial charge is 0.463 e. The van der Waals surface area contributed by atoms with Crippen LogP contribution < -0.4 is 15.6 Å². The van der Waals surface area contributed by atoms with Gasteiger partial charge in [0.2, 0.25) is 5.89 Å². The first-order chi connectivity index (χ1) is 23.4. The van der Waals surface area contributed by atoms with Crippen molar-refractivity contribution in [2.75, 3.05) is 32.8 Å². The molecule has 0 radical (unpaired) electrons. The SMILES string of the molecule is O=c1[nH]c(OCC23CCCN2CCC3)nc2c(F)c(-c3c(CCc4nc(C5CC6(CCCNC6)C5)no4)c(Cl)cc4[nH]ncc34)ncc12. The Morgan fingerprint density at radius 1 is 1.08 bits per heavy atom. The summed E-state index contributed by atoms with van der Waals surface area (Å²) in [5, 5.41) is 16.1. The summed E-state index contributed by atoms with van der Waals surface area (Å²) in [6.45, 7) is 4.64. The van der Waals surface area contributed by atoms with E-state index in [0.29, 0.717) is 63.7 Å². The number of hydrogen-bond donors (Lipinski definition) is 3. The van der Waals surface area contributed by atoms with E-state index in [4.69, 9.17) is 25.8 Å². The molecule has 1 saturated carbocycles. The Morgan fingerprint density at radius 2 is 1.94 bits per heavy atom. The second-order valence-electron chi connectivity index (χ2n) is 14.2. The molecule has 3 N–H and O–H groups in total. The highest BCUT2D eigenvalue weighted by Crippen LogP contribution is 2.53. The van der Waals surface area contributed by atoms with Crippen LogP contribution in [0.3, 0.4) is 0 Å². The fourth-order valence-corrected chi connectivity index (χ4v) is 9.18. The molecule has 0 bridgehead atoms. The summed E-state index contributed by atoms with van der Waals surface area (Å²) >= 11 is 6.85. The standard InChI is InChI=1S/C34H37ClFN9O3/c35-23-12-24-21(16-39-43-24)26(20(23)4-5-25-40-30(44-48-25)19-13-33(14-19)6-1-9-37-17-33)29-27(36)28-22(15-38-29)31(46)42-32(41-28)47-18-34-7-2-10-45(34)11-3-8-34/h12,15-16,19,37H,1-11,13-14,17-18H2,(H,39,43)(H,41,42,46). The van der Waals surface area contributed by atoms with E-state index in [-0.39, 0.29) is 28.1 Å². The molecule has 0 unspecified atom stereocenters. The molecule has 4 aromatic heterocycles. The maximum atomic E-state index is 16.6. The van der Waals surface area contributed by atoms with Gasteiger partial charge in [-0.25, -0.2) is 4.39 Å². The second kappa shape index (κ2) is 11.6. The summed E-state index contributed by atoms with van der Waals surface area (Å²) < 4.78 is 28.4. The van der Waals surface area contributed by atoms with E-state index >= 15 is 4.39 Å². The van der Waals surface area contributed by atoms with Gasteiger partial charge in [-0.3, -0.25) is 24.8 Å². The minimum Gasteiger partial charge on any atom is -0.463 e. The highest BCUT2D eigenvalue weighted by molar-refractivity contribution is 6.33. The van der Waals surface area contributed by atoms with Gasteiger partial charge < -0.3 is 14.6 Å². The Morgan fingerprint density at radius 3 is 2.75 bits per heavy atom. The number of hydrogen-bond acceptors (Lipinski definition) is 10. The van der Waals surface area contributed by atoms with Gasteiger partial charge in [-0.1, -0.05) is 16.8 Å². The third-order valence-electron chi connectivity index (χ3n) is 11.4. The monoisotopic (exact) mass is 673 g/mol. The quantitative estimate of drug-likeness (QED) is 0.204. The number of rotatable bonds is 8. The number of aromatic amines is 2. The van der Waals surface area contributed by atoms with E-state index in [9.17, 15) is 4.79 Å². The van der Waals surface area contributed by atoms with E-state index < -0.39 is 11.4 Å². The average molecular weight is 674 g/mol. The highest BCUT2D eigenvalue weighted by Gasteiger charge is 2.47. The molecule has 9 rings (SSSR count). The minimum absolute atomic E-state index is 0.000724. The van der Waals surface area contributed by atoms with Gasteiger partial charge in [-0.05, 0) is 94.5 Å². The van der Waals surface area contributed by atoms with Crippen LogP contribution in [0.25, 0.3) is 33.1 Å². The third-order valence-corrected chi connectivity index (χ3v) is 11.7. The van der Waals surface area contributed by atoms with E-state index in [1.54, 1.807) is 12.3 Å². The molecule has 14 heteroatoms. The summed E-state index contributed by atoms with van der Waals surface area (Å²) in [6.07, 6.45) is 12.7. The third kappa shape index (κ3) is 5.00. The van der Waals surface area contributed by atoms with Gasteiger partial charge >= 0.3 is 0 Å². The van der Waals surface area contributed by atoms with Crippen molar-refractivity contribution in [3.63, 3.8) is 0 Å². The molecule has 0 atom stereocenters. The van der Waals surface area contributed by atoms with Crippen LogP contribution in [0.2, 0.25) is 5.02 Å². The number of ether oxygens (including phenoxy) is 1. The van der Waals surface area contributed by atoms with E-state index in [1.807, 2.05) is 0 Å². The van der Waals surface area contributed by atoms with Gasteiger partial charge in [0.25, 0.3) is 11.6 Å². The predicted octanol–water partition coefficient (Wildman–Crippen LogP) is 5.08. The minimum atomic E-state index is -0.729. The highest BCUT2D eigenvalue weighted by atomic mass is 35.5. The normalized spacial score (nSPS) is 23.7. The Hall–Kier alpha value is -3.94. The first-order valence-corrected chi connectivity index (χ1v) is 17.4. The zero-order valence-electron chi connectivity index (χ0n) is 26.6. The van der Waals surface area contributed by atoms with Crippen molar-refractivity contribution in [3.05, 3.63) is 56.9 Å². The van der Waals surface area contributed by atoms with Crippen molar-refractivity contribution in [2.45, 2.75) is 75.7 Å². The Balaban J connectivity index is 1.01. The summed E-state index contributed by atoms with van der Waals surface area (Å²) in [5.74, 6) is 0.834. The molecule has 250 valence electrons. The van der Waals surface area contributed by atoms with Gasteiger partial charge in [-0.2, -0.15) is 15.1 Å². The molecule has 48 heavy (non-hydrogen) atoms. The van der Waals surface area contributed by atoms with E-state index in [2.05, 4.69) is 40.5 Å². The molecule has 1 spiro atoms. The fourth-order valence-electron chi connectivity index (χ4n) is 8.88. The van der Waals surface area contributed by atoms with Crippen LogP contribution in [-0.2, 0) is 12.8 Å². The summed E-state index contributed by atoms with van der Waals surface area (Å²) in [6, 6.07) is 1.78. The number of H-pyrrole nitrogens is 2. The van der Waals surface area contributed by atoms with Crippen LogP contribution in [0.1, 0.15) is 74.6 Å². The Labute approximate surface area is 280 Å². The molecule has 1 aliphatic carbocycles. The Bertz CT molecular complexity index is 2070. The van der Waals surface area contributed by atoms with Crippen LogP contribution in [-0.4, -0.2) is 78.5 Å². The van der Waals surface area contributed by atoms with Crippen molar-refractivity contribution in [3.8, 4) is 17.3 Å². The lowest BCUT2D eigenvalue weighted by atomic mass is 9.58. The number of nitrogens with zero attached hydrogens (tertiary/aromatic N) is 6. The maximum Gasteiger partial charge on any atom is 0.297 e. The topological polar surface area (TPSA) is 151 Å². The van der Waals surface area contributed by atoms with Gasteiger partial charge in [-0.15, -0.1) is 0 Å². The zero-order valence-corrected chi connectivity index (χ0v) is 27.3. The lowest BCUT2D eigenvalue weighted by Gasteiger charge is -2.49. The smallest absolute Gasteiger partial charge is 0.297 e. The first-order valence-electron chi connectivity index (χ1n) is 17.0. The van der Waals surface area contributed by atoms with E-state index in [1.165, 1.54) is 19.0 Å². The van der Waals surface area contributed by atoms with E-state index in [0.717, 1.165) is 70.5 Å². The summed E-state index contributed by atoms with van der Waals surface area (Å²) in [5.41, 5.74) is 1.50. The number of aromatic nitrogens is 7. The van der Waals surface area contributed by atoms with Crippen LogP contribution >= 0.6 is 11.6 Å². The molecule has 4 fully saturated rings. The van der Waals surface area contributed by atoms with Crippen molar-refractivity contribution in [2.24, 2.45) is 5.41 Å². The van der Waals surface area contributed by atoms with Crippen molar-refractivity contribution >= 4 is 33.4 Å². The van der Waals surface area contributed by atoms with Crippen molar-refractivity contribution in [1.82, 2.24) is 45.5 Å². The van der Waals surface area contributed by atoms with Crippen LogP contribution in [0, 0.1) is 11.2 Å². The van der Waals surface area contributed by atoms with Crippen molar-refractivity contribution in [1.29, 1.82) is 0 Å². The second-order valence-corrected chi connectivity index (χ2v) is 14.6. The number of nitrogens with one attached hydrogen (secondary N) is 3. The first kappa shape index (κ1) is 30.1. The zero-order chi connectivity index (χ0) is 32.5. The maximum absolute atomic E-state index is 16.6. The average Bonchev–Trinajstić information content (AvgIpc) is 3.88. The molecule has 1 aromatic carbocycles. The molecule has 5 aromatic rings. The molecule has 3 aliphatic heterocycles. The summed E-state index contributed by atoms with van der Waals surface area (Å²) in [7, 11) is 0. The number of piperidine rings is 1. The lowest BCUT2D eigenvalue weighted by molar-refractivity contribution is 0.0625. The number of benzene rings is 1. The summed E-state index contributed by atoms with van der Waals surface area (Å²) in [4.78, 5) is 31.9. The van der Waals surface area contributed by atoms with Gasteiger partial charge in [0.15, 0.2) is 11.6 Å². The number of pyridine rings is 1. The fraction of sp³-hybridized carbons (Fsp3) is 0.529. The number of halogens is 2. The van der Waals surface area contributed by atoms with Gasteiger partial charge in [0, 0.05) is 41.1 Å². The molecule has 0 amide bonds. The molecular formula is C34H37ClFN9O3. The van der Waals surface area contributed by atoms with Gasteiger partial charge in [0.1, 0.15) is 17.8 Å². The number of fused-ring (bicyclic) bond motifs is 3. The van der Waals surface area contributed by atoms with Crippen molar-refractivity contribution < 1.29 is 13.7 Å². The van der Waals surface area contributed by atoms with Crippen LogP contribution in [0.4, 0.5) is 4.39 Å². The van der Waals surface area contributed by atoms with Gasteiger partial charge in [0.05, 0.1) is 22.6 Å². The molecular weight excluding hydrogens is 637 g/mol. The lowest BCUT2D eigenvalue weighted by Crippen LogP contribution is -2.47. The molecule has 4 aliphatic rings.